The highest BCUT2D eigenvalue weighted by molar-refractivity contribution is 5.87. The van der Waals surface area contributed by atoms with E-state index in [2.05, 4.69) is 81.4 Å². The van der Waals surface area contributed by atoms with Gasteiger partial charge in [-0.05, 0) is 84.7 Å². The second-order valence-electron chi connectivity index (χ2n) is 15.9. The van der Waals surface area contributed by atoms with Gasteiger partial charge in [0.2, 0.25) is 0 Å². The van der Waals surface area contributed by atoms with E-state index < -0.39 is 0 Å². The van der Waals surface area contributed by atoms with Gasteiger partial charge in [-0.2, -0.15) is 0 Å². The minimum Gasteiger partial charge on any atom is -0.489 e. The second kappa shape index (κ2) is 9.02. The van der Waals surface area contributed by atoms with Crippen LogP contribution in [0.4, 0.5) is 0 Å². The molecule has 4 aromatic rings. The molecule has 1 fully saturated rings. The Labute approximate surface area is 258 Å². The van der Waals surface area contributed by atoms with Crippen molar-refractivity contribution in [3.63, 3.8) is 0 Å². The molecule has 0 spiro atoms. The standard InChI is InChI=1S/C38H44O6/c1-19-35(3,4)29-31-21(11-13-27(39)43-31)15-23(33(29)41-19)17-25-37(7,8)26(38(25,9)10)18-24-16-22-12-14-28(40)44-32(22)30-34(24)42-20(2)36(30,5)6/h11-16,19-20,25-26H,17-18H2,1-10H3/t19-,20-,25?,26?/m0/s1. The van der Waals surface area contributed by atoms with E-state index in [9.17, 15) is 9.59 Å². The molecule has 2 aliphatic heterocycles. The summed E-state index contributed by atoms with van der Waals surface area (Å²) in [5.41, 5.74) is 4.49. The lowest BCUT2D eigenvalue weighted by Gasteiger charge is -2.65. The molecule has 4 heterocycles. The molecule has 2 atom stereocenters. The minimum atomic E-state index is -0.337. The first-order valence-corrected chi connectivity index (χ1v) is 16.0. The maximum atomic E-state index is 12.2. The molecule has 0 bridgehead atoms. The van der Waals surface area contributed by atoms with Gasteiger partial charge in [-0.3, -0.25) is 0 Å². The highest BCUT2D eigenvalue weighted by Crippen LogP contribution is 2.66. The van der Waals surface area contributed by atoms with Crippen LogP contribution in [0.1, 0.15) is 91.5 Å². The highest BCUT2D eigenvalue weighted by atomic mass is 16.5. The molecule has 2 aromatic heterocycles. The van der Waals surface area contributed by atoms with Crippen molar-refractivity contribution >= 4 is 21.9 Å². The van der Waals surface area contributed by atoms with Gasteiger partial charge < -0.3 is 18.3 Å². The highest BCUT2D eigenvalue weighted by Gasteiger charge is 2.61. The van der Waals surface area contributed by atoms with Gasteiger partial charge in [0.15, 0.2) is 0 Å². The third kappa shape index (κ3) is 3.85. The summed E-state index contributed by atoms with van der Waals surface area (Å²) in [5, 5.41) is 1.89. The zero-order valence-electron chi connectivity index (χ0n) is 27.6. The third-order valence-electron chi connectivity index (χ3n) is 12.2. The maximum Gasteiger partial charge on any atom is 0.336 e. The SMILES string of the molecule is C[C@@H]1Oc2c(CC3C(C)(C)C(Cc4cc5ccc(=O)oc5c5c4O[C@@H](C)C5(C)C)C3(C)C)cc3ccc(=O)oc3c2C1(C)C. The molecule has 0 N–H and O–H groups in total. The van der Waals surface area contributed by atoms with Gasteiger partial charge in [0.05, 0.1) is 0 Å². The molecule has 0 amide bonds. The smallest absolute Gasteiger partial charge is 0.336 e. The lowest BCUT2D eigenvalue weighted by Crippen LogP contribution is -2.60. The van der Waals surface area contributed by atoms with Gasteiger partial charge >= 0.3 is 11.3 Å². The molecule has 6 nitrogen and oxygen atoms in total. The lowest BCUT2D eigenvalue weighted by molar-refractivity contribution is -0.161. The molecule has 0 radical (unpaired) electrons. The normalized spacial score (nSPS) is 27.0. The van der Waals surface area contributed by atoms with Crippen LogP contribution in [-0.4, -0.2) is 12.2 Å². The van der Waals surface area contributed by atoms with E-state index in [1.807, 2.05) is 12.1 Å². The van der Waals surface area contributed by atoms with Crippen molar-refractivity contribution in [2.24, 2.45) is 22.7 Å². The Morgan fingerprint density at radius 1 is 0.591 bits per heavy atom. The predicted octanol–water partition coefficient (Wildman–Crippen LogP) is 8.10. The predicted molar refractivity (Wildman–Crippen MR) is 173 cm³/mol. The molecular weight excluding hydrogens is 552 g/mol. The molecule has 2 aromatic carbocycles. The first-order valence-electron chi connectivity index (χ1n) is 16.0. The molecule has 6 heteroatoms. The van der Waals surface area contributed by atoms with Crippen molar-refractivity contribution < 1.29 is 18.3 Å². The summed E-state index contributed by atoms with van der Waals surface area (Å²) in [6, 6.07) is 11.1. The fourth-order valence-corrected chi connectivity index (χ4v) is 9.10. The number of hydrogen-bond acceptors (Lipinski definition) is 6. The Bertz CT molecular complexity index is 1810. The molecule has 1 saturated carbocycles. The van der Waals surface area contributed by atoms with E-state index in [1.165, 1.54) is 23.3 Å². The number of hydrogen-bond donors (Lipinski definition) is 0. The van der Waals surface area contributed by atoms with E-state index >= 15 is 0 Å². The van der Waals surface area contributed by atoms with Crippen molar-refractivity contribution in [1.82, 2.24) is 0 Å². The van der Waals surface area contributed by atoms with Crippen molar-refractivity contribution in [3.05, 3.63) is 79.5 Å². The zero-order chi connectivity index (χ0) is 31.7. The van der Waals surface area contributed by atoms with Crippen molar-refractivity contribution in [3.8, 4) is 11.5 Å². The first kappa shape index (κ1) is 29.2. The van der Waals surface area contributed by atoms with Gasteiger partial charge in [0.1, 0.15) is 34.9 Å². The van der Waals surface area contributed by atoms with Crippen molar-refractivity contribution in [1.29, 1.82) is 0 Å². The monoisotopic (exact) mass is 596 g/mol. The van der Waals surface area contributed by atoms with Crippen LogP contribution >= 0.6 is 0 Å². The lowest BCUT2D eigenvalue weighted by atomic mass is 9.39. The van der Waals surface area contributed by atoms with Crippen LogP contribution in [0.3, 0.4) is 0 Å². The summed E-state index contributed by atoms with van der Waals surface area (Å²) in [6.45, 7) is 22.5. The van der Waals surface area contributed by atoms with Crippen LogP contribution in [0, 0.1) is 22.7 Å². The van der Waals surface area contributed by atoms with Crippen LogP contribution in [0.5, 0.6) is 11.5 Å². The first-order chi connectivity index (χ1) is 20.5. The van der Waals surface area contributed by atoms with Gasteiger partial charge in [-0.1, -0.05) is 55.4 Å². The summed E-state index contributed by atoms with van der Waals surface area (Å²) >= 11 is 0. The average molecular weight is 597 g/mol. The number of ether oxygens (including phenoxy) is 2. The van der Waals surface area contributed by atoms with Crippen molar-refractivity contribution in [2.75, 3.05) is 0 Å². The van der Waals surface area contributed by atoms with Crippen LogP contribution in [0.25, 0.3) is 21.9 Å². The minimum absolute atomic E-state index is 0.0269. The second-order valence-corrected chi connectivity index (χ2v) is 15.9. The average Bonchev–Trinajstić information content (AvgIpc) is 3.32. The molecule has 1 aliphatic carbocycles. The molecule has 0 saturated heterocycles. The topological polar surface area (TPSA) is 78.9 Å². The van der Waals surface area contributed by atoms with Crippen LogP contribution < -0.4 is 20.7 Å². The molecule has 0 unspecified atom stereocenters. The van der Waals surface area contributed by atoms with Gasteiger partial charge in [0, 0.05) is 44.9 Å². The van der Waals surface area contributed by atoms with Crippen LogP contribution in [-0.2, 0) is 23.7 Å². The quantitative estimate of drug-likeness (QED) is 0.222. The molecule has 7 rings (SSSR count). The fourth-order valence-electron chi connectivity index (χ4n) is 9.10. The molecular formula is C38H44O6. The van der Waals surface area contributed by atoms with Crippen molar-refractivity contribution in [2.45, 2.75) is 105 Å². The Hall–Kier alpha value is -3.54. The van der Waals surface area contributed by atoms with E-state index in [0.717, 1.165) is 46.2 Å². The molecule has 232 valence electrons. The number of rotatable bonds is 4. The largest absolute Gasteiger partial charge is 0.489 e. The third-order valence-corrected chi connectivity index (χ3v) is 12.2. The van der Waals surface area contributed by atoms with Gasteiger partial charge in [-0.25, -0.2) is 9.59 Å². The van der Waals surface area contributed by atoms with E-state index in [1.54, 1.807) is 0 Å². The number of fused-ring (bicyclic) bond motifs is 6. The summed E-state index contributed by atoms with van der Waals surface area (Å²) in [5.74, 6) is 2.56. The zero-order valence-corrected chi connectivity index (χ0v) is 27.6. The van der Waals surface area contributed by atoms with Gasteiger partial charge in [-0.15, -0.1) is 0 Å². The number of benzene rings is 2. The fraction of sp³-hybridized carbons (Fsp3) is 0.526. The summed E-state index contributed by atoms with van der Waals surface area (Å²) in [6.07, 6.45) is 1.68. The Morgan fingerprint density at radius 2 is 0.955 bits per heavy atom. The summed E-state index contributed by atoms with van der Waals surface area (Å²) < 4.78 is 24.7. The Kier molecular flexibility index (Phi) is 5.98. The van der Waals surface area contributed by atoms with E-state index in [4.69, 9.17) is 18.3 Å². The van der Waals surface area contributed by atoms with E-state index in [-0.39, 0.29) is 45.1 Å². The summed E-state index contributed by atoms with van der Waals surface area (Å²) in [7, 11) is 0. The van der Waals surface area contributed by atoms with Gasteiger partial charge in [0.25, 0.3) is 0 Å². The summed E-state index contributed by atoms with van der Waals surface area (Å²) in [4.78, 5) is 24.5. The van der Waals surface area contributed by atoms with Crippen LogP contribution in [0.15, 0.2) is 54.8 Å². The maximum absolute atomic E-state index is 12.2. The Balaban J connectivity index is 1.28. The van der Waals surface area contributed by atoms with E-state index in [0.29, 0.717) is 23.0 Å². The molecule has 44 heavy (non-hydrogen) atoms. The van der Waals surface area contributed by atoms with Crippen LogP contribution in [0.2, 0.25) is 0 Å². The molecule has 3 aliphatic rings. The Morgan fingerprint density at radius 3 is 1.32 bits per heavy atom.